The normalized spacial score (nSPS) is 10.6. The van der Waals surface area contributed by atoms with Gasteiger partial charge in [-0.15, -0.1) is 0 Å². The van der Waals surface area contributed by atoms with E-state index in [-0.39, 0.29) is 5.91 Å². The van der Waals surface area contributed by atoms with Gasteiger partial charge in [0.1, 0.15) is 5.75 Å². The smallest absolute Gasteiger partial charge is 0.220 e. The number of amides is 1. The van der Waals surface area contributed by atoms with Crippen LogP contribution in [0, 0.1) is 6.92 Å². The SMILES string of the molecule is Cc1ccccc1OCCCC(=O)NCCc1ccc(-n2cccn2)cc1. The van der Waals surface area contributed by atoms with Gasteiger partial charge in [0.05, 0.1) is 12.3 Å². The van der Waals surface area contributed by atoms with Crippen molar-refractivity contribution in [2.75, 3.05) is 13.2 Å². The van der Waals surface area contributed by atoms with E-state index < -0.39 is 0 Å². The average Bonchev–Trinajstić information content (AvgIpc) is 3.22. The van der Waals surface area contributed by atoms with Crippen molar-refractivity contribution in [2.24, 2.45) is 0 Å². The van der Waals surface area contributed by atoms with Crippen molar-refractivity contribution in [2.45, 2.75) is 26.2 Å². The molecule has 0 bridgehead atoms. The molecule has 0 unspecified atom stereocenters. The minimum atomic E-state index is 0.0662. The van der Waals surface area contributed by atoms with E-state index in [9.17, 15) is 4.79 Å². The first kappa shape index (κ1) is 18.7. The number of benzene rings is 2. The van der Waals surface area contributed by atoms with E-state index in [1.54, 1.807) is 6.20 Å². The number of para-hydroxylation sites is 1. The fraction of sp³-hybridized carbons (Fsp3) is 0.273. The third-order valence-electron chi connectivity index (χ3n) is 4.34. The van der Waals surface area contributed by atoms with Crippen molar-refractivity contribution >= 4 is 5.91 Å². The summed E-state index contributed by atoms with van der Waals surface area (Å²) in [5.74, 6) is 0.952. The second-order valence-electron chi connectivity index (χ2n) is 6.43. The summed E-state index contributed by atoms with van der Waals surface area (Å²) in [7, 11) is 0. The molecule has 0 fully saturated rings. The average molecular weight is 363 g/mol. The number of hydrogen-bond acceptors (Lipinski definition) is 3. The minimum absolute atomic E-state index is 0.0662. The Balaban J connectivity index is 1.32. The van der Waals surface area contributed by atoms with Gasteiger partial charge < -0.3 is 10.1 Å². The topological polar surface area (TPSA) is 56.1 Å². The van der Waals surface area contributed by atoms with Crippen LogP contribution in [0.5, 0.6) is 5.75 Å². The molecule has 140 valence electrons. The number of aromatic nitrogens is 2. The predicted octanol–water partition coefficient (Wildman–Crippen LogP) is 3.70. The van der Waals surface area contributed by atoms with Crippen LogP contribution in [0.25, 0.3) is 5.69 Å². The summed E-state index contributed by atoms with van der Waals surface area (Å²) in [5.41, 5.74) is 3.33. The molecule has 0 aliphatic rings. The summed E-state index contributed by atoms with van der Waals surface area (Å²) in [6.45, 7) is 3.20. The van der Waals surface area contributed by atoms with Gasteiger partial charge in [-0.25, -0.2) is 4.68 Å². The fourth-order valence-corrected chi connectivity index (χ4v) is 2.80. The summed E-state index contributed by atoms with van der Waals surface area (Å²) in [5, 5.41) is 7.18. The highest BCUT2D eigenvalue weighted by Gasteiger charge is 2.03. The molecule has 5 heteroatoms. The van der Waals surface area contributed by atoms with Crippen LogP contribution < -0.4 is 10.1 Å². The van der Waals surface area contributed by atoms with Gasteiger partial charge in [-0.05, 0) is 55.2 Å². The molecular formula is C22H25N3O2. The molecule has 0 aliphatic carbocycles. The molecule has 27 heavy (non-hydrogen) atoms. The monoisotopic (exact) mass is 363 g/mol. The number of carbonyl (C=O) groups is 1. The van der Waals surface area contributed by atoms with E-state index in [4.69, 9.17) is 4.74 Å². The van der Waals surface area contributed by atoms with E-state index in [1.165, 1.54) is 5.56 Å². The molecule has 0 aliphatic heterocycles. The first-order valence-corrected chi connectivity index (χ1v) is 9.26. The maximum absolute atomic E-state index is 11.9. The van der Waals surface area contributed by atoms with Crippen molar-refractivity contribution in [3.8, 4) is 11.4 Å². The number of nitrogens with zero attached hydrogens (tertiary/aromatic N) is 2. The van der Waals surface area contributed by atoms with Crippen LogP contribution >= 0.6 is 0 Å². The van der Waals surface area contributed by atoms with E-state index >= 15 is 0 Å². The molecule has 3 rings (SSSR count). The maximum atomic E-state index is 11.9. The van der Waals surface area contributed by atoms with Crippen molar-refractivity contribution in [1.29, 1.82) is 0 Å². The van der Waals surface area contributed by atoms with Gasteiger partial charge in [0.2, 0.25) is 5.91 Å². The lowest BCUT2D eigenvalue weighted by molar-refractivity contribution is -0.121. The Hall–Kier alpha value is -3.08. The zero-order chi connectivity index (χ0) is 18.9. The zero-order valence-electron chi connectivity index (χ0n) is 15.6. The van der Waals surface area contributed by atoms with Crippen molar-refractivity contribution < 1.29 is 9.53 Å². The van der Waals surface area contributed by atoms with Gasteiger partial charge in [-0.1, -0.05) is 30.3 Å². The minimum Gasteiger partial charge on any atom is -0.493 e. The first-order valence-electron chi connectivity index (χ1n) is 9.26. The number of aryl methyl sites for hydroxylation is 1. The van der Waals surface area contributed by atoms with Gasteiger partial charge >= 0.3 is 0 Å². The Bertz CT molecular complexity index is 842. The highest BCUT2D eigenvalue weighted by Crippen LogP contribution is 2.16. The highest BCUT2D eigenvalue weighted by molar-refractivity contribution is 5.75. The van der Waals surface area contributed by atoms with E-state index in [0.29, 0.717) is 26.0 Å². The van der Waals surface area contributed by atoms with Crippen LogP contribution in [0.1, 0.15) is 24.0 Å². The van der Waals surface area contributed by atoms with Gasteiger partial charge in [0.15, 0.2) is 0 Å². The van der Waals surface area contributed by atoms with Crippen LogP contribution in [0.2, 0.25) is 0 Å². The lowest BCUT2D eigenvalue weighted by atomic mass is 10.1. The lowest BCUT2D eigenvalue weighted by Crippen LogP contribution is -2.25. The fourth-order valence-electron chi connectivity index (χ4n) is 2.80. The molecule has 0 atom stereocenters. The molecule has 1 heterocycles. The van der Waals surface area contributed by atoms with Gasteiger partial charge in [-0.3, -0.25) is 4.79 Å². The van der Waals surface area contributed by atoms with E-state index in [0.717, 1.165) is 23.4 Å². The van der Waals surface area contributed by atoms with Gasteiger partial charge in [0, 0.05) is 25.4 Å². The molecule has 1 amide bonds. The highest BCUT2D eigenvalue weighted by atomic mass is 16.5. The predicted molar refractivity (Wildman–Crippen MR) is 106 cm³/mol. The molecule has 1 aromatic heterocycles. The van der Waals surface area contributed by atoms with Crippen molar-refractivity contribution in [3.05, 3.63) is 78.1 Å². The van der Waals surface area contributed by atoms with Crippen molar-refractivity contribution in [1.82, 2.24) is 15.1 Å². The molecule has 5 nitrogen and oxygen atoms in total. The van der Waals surface area contributed by atoms with Crippen molar-refractivity contribution in [3.63, 3.8) is 0 Å². The second-order valence-corrected chi connectivity index (χ2v) is 6.43. The van der Waals surface area contributed by atoms with Crippen LogP contribution in [0.3, 0.4) is 0 Å². The molecule has 1 N–H and O–H groups in total. The maximum Gasteiger partial charge on any atom is 0.220 e. The van der Waals surface area contributed by atoms with Crippen LogP contribution in [0.15, 0.2) is 67.0 Å². The Morgan fingerprint density at radius 1 is 1.11 bits per heavy atom. The van der Waals surface area contributed by atoms with Crippen LogP contribution in [-0.4, -0.2) is 28.8 Å². The molecule has 3 aromatic rings. The summed E-state index contributed by atoms with van der Waals surface area (Å²) >= 11 is 0. The zero-order valence-corrected chi connectivity index (χ0v) is 15.6. The van der Waals surface area contributed by atoms with Gasteiger partial charge in [0.25, 0.3) is 0 Å². The van der Waals surface area contributed by atoms with Crippen LogP contribution in [0.4, 0.5) is 0 Å². The van der Waals surface area contributed by atoms with Crippen LogP contribution in [-0.2, 0) is 11.2 Å². The summed E-state index contributed by atoms with van der Waals surface area (Å²) in [6, 6.07) is 18.0. The Kier molecular flexibility index (Phi) is 6.63. The molecule has 0 radical (unpaired) electrons. The number of rotatable bonds is 9. The third-order valence-corrected chi connectivity index (χ3v) is 4.34. The van der Waals surface area contributed by atoms with E-state index in [2.05, 4.69) is 22.5 Å². The molecule has 2 aromatic carbocycles. The molecule has 0 spiro atoms. The van der Waals surface area contributed by atoms with E-state index in [1.807, 2.05) is 60.3 Å². The molecule has 0 saturated heterocycles. The standard InChI is InChI=1S/C22H25N3O2/c1-18-6-2-3-7-21(18)27-17-4-8-22(26)23-15-13-19-9-11-20(12-10-19)25-16-5-14-24-25/h2-3,5-7,9-12,14,16H,4,8,13,15,17H2,1H3,(H,23,26). The summed E-state index contributed by atoms with van der Waals surface area (Å²) in [6.07, 6.45) is 5.67. The summed E-state index contributed by atoms with van der Waals surface area (Å²) in [4.78, 5) is 11.9. The molecular weight excluding hydrogens is 338 g/mol. The third kappa shape index (κ3) is 5.71. The number of nitrogens with one attached hydrogen (secondary N) is 1. The number of hydrogen-bond donors (Lipinski definition) is 1. The van der Waals surface area contributed by atoms with Gasteiger partial charge in [-0.2, -0.15) is 5.10 Å². The number of ether oxygens (including phenoxy) is 1. The molecule has 0 saturated carbocycles. The Morgan fingerprint density at radius 2 is 1.93 bits per heavy atom. The second kappa shape index (κ2) is 9.57. The largest absolute Gasteiger partial charge is 0.493 e. The Labute approximate surface area is 160 Å². The lowest BCUT2D eigenvalue weighted by Gasteiger charge is -2.09. The number of carbonyl (C=O) groups excluding carboxylic acids is 1. The Morgan fingerprint density at radius 3 is 2.67 bits per heavy atom. The summed E-state index contributed by atoms with van der Waals surface area (Å²) < 4.78 is 7.54. The first-order chi connectivity index (χ1) is 13.2. The quantitative estimate of drug-likeness (QED) is 0.590.